The molecule has 9 heteroatoms. The van der Waals surface area contributed by atoms with Crippen LogP contribution in [-0.2, 0) is 23.3 Å². The zero-order valence-electron chi connectivity index (χ0n) is 17.7. The van der Waals surface area contributed by atoms with Crippen LogP contribution in [0.3, 0.4) is 0 Å². The molecular weight excluding hydrogens is 470 g/mol. The van der Waals surface area contributed by atoms with Gasteiger partial charge in [0.15, 0.2) is 5.75 Å². The van der Waals surface area contributed by atoms with Crippen molar-refractivity contribution in [1.82, 2.24) is 0 Å². The van der Waals surface area contributed by atoms with E-state index in [2.05, 4.69) is 11.3 Å². The van der Waals surface area contributed by atoms with Crippen LogP contribution >= 0.6 is 10.3 Å². The molecular formula is C24H22F2O5S2. The monoisotopic (exact) mass is 492 g/mol. The fraction of sp³-hybridized carbons (Fsp3) is 0.125. The third-order valence-electron chi connectivity index (χ3n) is 4.37. The van der Waals surface area contributed by atoms with E-state index in [9.17, 15) is 22.0 Å². The highest BCUT2D eigenvalue weighted by Gasteiger charge is 2.45. The second-order valence-electron chi connectivity index (χ2n) is 7.07. The van der Waals surface area contributed by atoms with Crippen LogP contribution in [0.25, 0.3) is 0 Å². The molecule has 0 N–H and O–H groups in total. The molecule has 3 aromatic rings. The fourth-order valence-electron chi connectivity index (χ4n) is 3.00. The van der Waals surface area contributed by atoms with Gasteiger partial charge in [-0.25, -0.2) is 8.42 Å². The molecule has 0 bridgehead atoms. The van der Waals surface area contributed by atoms with E-state index >= 15 is 0 Å². The molecule has 0 radical (unpaired) electrons. The van der Waals surface area contributed by atoms with Gasteiger partial charge >= 0.3 is 12.1 Å². The van der Waals surface area contributed by atoms with Gasteiger partial charge in [0, 0.05) is 20.3 Å². The summed E-state index contributed by atoms with van der Waals surface area (Å²) in [6.45, 7) is 4.41. The lowest BCUT2D eigenvalue weighted by molar-refractivity contribution is -0.216. The molecule has 0 fully saturated rings. The van der Waals surface area contributed by atoms with Gasteiger partial charge in [-0.3, -0.25) is 0 Å². The quantitative estimate of drug-likeness (QED) is 0.273. The van der Waals surface area contributed by atoms with Crippen LogP contribution in [0.4, 0.5) is 8.78 Å². The highest BCUT2D eigenvalue weighted by molar-refractivity contribution is 8.33. The molecule has 33 heavy (non-hydrogen) atoms. The van der Waals surface area contributed by atoms with Crippen molar-refractivity contribution in [2.45, 2.75) is 27.7 Å². The molecule has 0 aliphatic heterocycles. The summed E-state index contributed by atoms with van der Waals surface area (Å²) in [7, 11) is -7.92. The van der Waals surface area contributed by atoms with Gasteiger partial charge in [0.1, 0.15) is 0 Å². The Labute approximate surface area is 193 Å². The Morgan fingerprint density at radius 3 is 1.52 bits per heavy atom. The van der Waals surface area contributed by atoms with Crippen LogP contribution in [-0.4, -0.2) is 26.2 Å². The van der Waals surface area contributed by atoms with Crippen LogP contribution in [0.5, 0.6) is 0 Å². The summed E-state index contributed by atoms with van der Waals surface area (Å²) in [5, 5.41) is 0. The van der Waals surface area contributed by atoms with Crippen LogP contribution in [0, 0.1) is 0 Å². The summed E-state index contributed by atoms with van der Waals surface area (Å²) in [6.07, 6.45) is -4.32. The third kappa shape index (κ3) is 5.87. The Balaban J connectivity index is 2.14. The number of carbonyl (C=O) groups excluding carboxylic acids is 1. The van der Waals surface area contributed by atoms with Crippen molar-refractivity contribution in [1.29, 1.82) is 0 Å². The van der Waals surface area contributed by atoms with Crippen LogP contribution < -0.4 is 0 Å². The second kappa shape index (κ2) is 9.86. The average molecular weight is 493 g/mol. The minimum absolute atomic E-state index is 0.286. The second-order valence-corrected chi connectivity index (χ2v) is 11.5. The van der Waals surface area contributed by atoms with Crippen molar-refractivity contribution in [2.24, 2.45) is 0 Å². The Morgan fingerprint density at radius 1 is 0.818 bits per heavy atom. The number of hydrogen-bond acceptors (Lipinski definition) is 5. The molecule has 3 aromatic carbocycles. The van der Waals surface area contributed by atoms with Gasteiger partial charge in [-0.15, -0.1) is 0 Å². The number of benzene rings is 3. The van der Waals surface area contributed by atoms with Crippen LogP contribution in [0.15, 0.2) is 118 Å². The minimum atomic E-state index is -4.93. The van der Waals surface area contributed by atoms with Crippen molar-refractivity contribution in [3.05, 3.63) is 103 Å². The van der Waals surface area contributed by atoms with Gasteiger partial charge in [0.2, 0.25) is 0 Å². The van der Waals surface area contributed by atoms with E-state index in [-0.39, 0.29) is 5.57 Å². The first-order chi connectivity index (χ1) is 15.6. The van der Waals surface area contributed by atoms with E-state index in [4.69, 9.17) is 3.63 Å². The predicted octanol–water partition coefficient (Wildman–Crippen LogP) is 5.94. The van der Waals surface area contributed by atoms with E-state index in [1.54, 1.807) is 91.0 Å². The lowest BCUT2D eigenvalue weighted by atomic mass is 10.4. The molecule has 0 aliphatic rings. The molecule has 0 aliphatic carbocycles. The van der Waals surface area contributed by atoms with E-state index in [0.717, 1.165) is 0 Å². The minimum Gasteiger partial charge on any atom is -0.396 e. The van der Waals surface area contributed by atoms with Crippen molar-refractivity contribution in [3.63, 3.8) is 0 Å². The van der Waals surface area contributed by atoms with E-state index in [0.29, 0.717) is 14.7 Å². The highest BCUT2D eigenvalue weighted by Crippen LogP contribution is 2.69. The first-order valence-corrected chi connectivity index (χ1v) is 12.9. The van der Waals surface area contributed by atoms with Crippen molar-refractivity contribution >= 4 is 26.4 Å². The summed E-state index contributed by atoms with van der Waals surface area (Å²) in [4.78, 5) is 13.0. The number of hydrogen-bond donors (Lipinski definition) is 0. The molecule has 0 atom stereocenters. The van der Waals surface area contributed by atoms with Gasteiger partial charge in [-0.2, -0.15) is 17.2 Å². The molecule has 0 aromatic heterocycles. The number of carbonyl (C=O) groups is 1. The third-order valence-corrected chi connectivity index (χ3v) is 9.51. The lowest BCUT2D eigenvalue weighted by Crippen LogP contribution is -2.34. The van der Waals surface area contributed by atoms with Gasteiger partial charge in [-0.1, -0.05) is 61.2 Å². The maximum absolute atomic E-state index is 14.4. The zero-order chi connectivity index (χ0) is 24.1. The van der Waals surface area contributed by atoms with E-state index < -0.39 is 38.3 Å². The number of ether oxygens (including phenoxy) is 1. The Hall–Kier alpha value is -3.01. The Bertz CT molecular complexity index is 1120. The summed E-state index contributed by atoms with van der Waals surface area (Å²) in [5.41, 5.74) is -0.286. The zero-order valence-corrected chi connectivity index (χ0v) is 19.3. The maximum Gasteiger partial charge on any atom is 0.416 e. The summed E-state index contributed by atoms with van der Waals surface area (Å²) < 4.78 is 64.6. The van der Waals surface area contributed by atoms with Crippen molar-refractivity contribution in [2.75, 3.05) is 5.75 Å². The van der Waals surface area contributed by atoms with Gasteiger partial charge in [-0.05, 0) is 53.6 Å². The van der Waals surface area contributed by atoms with Crippen LogP contribution in [0.2, 0.25) is 0 Å². The average Bonchev–Trinajstić information content (AvgIpc) is 2.78. The first kappa shape index (κ1) is 24.6. The molecule has 0 unspecified atom stereocenters. The molecule has 5 nitrogen and oxygen atoms in total. The molecule has 174 valence electrons. The molecule has 0 spiro atoms. The SMILES string of the molecule is C=C(C)C(=O)OC(F)(F)CS(=O)(=O)OS(c1ccccc1)(c1ccccc1)c1ccccc1. The van der Waals surface area contributed by atoms with Gasteiger partial charge < -0.3 is 4.74 Å². The maximum atomic E-state index is 14.4. The standard InChI is InChI=1S/C24H22F2O5S2/c1-19(2)23(27)30-24(25,26)18-32(28,29)31-33(20-12-6-3-7-13-20,21-14-8-4-9-15-21)22-16-10-5-11-17-22/h3-17H,1,18H2,2H3. The lowest BCUT2D eigenvalue weighted by Gasteiger charge is -2.39. The predicted molar refractivity (Wildman–Crippen MR) is 122 cm³/mol. The van der Waals surface area contributed by atoms with Gasteiger partial charge in [0.25, 0.3) is 10.1 Å². The molecule has 0 amide bonds. The number of rotatable bonds is 9. The van der Waals surface area contributed by atoms with Gasteiger partial charge in [0.05, 0.1) is 0 Å². The van der Waals surface area contributed by atoms with Crippen LogP contribution in [0.1, 0.15) is 6.92 Å². The molecule has 0 saturated heterocycles. The van der Waals surface area contributed by atoms with E-state index in [1.165, 1.54) is 6.92 Å². The Kier molecular flexibility index (Phi) is 7.36. The highest BCUT2D eigenvalue weighted by atomic mass is 32.3. The summed E-state index contributed by atoms with van der Waals surface area (Å²) in [6, 6.07) is 25.6. The molecule has 3 rings (SSSR count). The topological polar surface area (TPSA) is 69.7 Å². The first-order valence-electron chi connectivity index (χ1n) is 9.75. The number of alkyl halides is 2. The molecule has 0 saturated carbocycles. The molecule has 0 heterocycles. The largest absolute Gasteiger partial charge is 0.416 e. The Morgan fingerprint density at radius 2 is 1.18 bits per heavy atom. The smallest absolute Gasteiger partial charge is 0.396 e. The summed E-state index contributed by atoms with van der Waals surface area (Å²) >= 11 is 0. The van der Waals surface area contributed by atoms with Crippen molar-refractivity contribution in [3.8, 4) is 0 Å². The number of esters is 1. The van der Waals surface area contributed by atoms with Crippen molar-refractivity contribution < 1.29 is 30.4 Å². The van der Waals surface area contributed by atoms with E-state index in [1.807, 2.05) is 0 Å². The fourth-order valence-corrected chi connectivity index (χ4v) is 8.29. The summed E-state index contributed by atoms with van der Waals surface area (Å²) in [5.74, 6) is -3.25. The normalized spacial score (nSPS) is 12.7. The number of halogens is 2.